The van der Waals surface area contributed by atoms with Crippen LogP contribution in [0.15, 0.2) is 18.2 Å². The number of methoxy groups -OCH3 is 1. The summed E-state index contributed by atoms with van der Waals surface area (Å²) in [4.78, 5) is 0. The molecule has 1 rings (SSSR count). The summed E-state index contributed by atoms with van der Waals surface area (Å²) in [6.07, 6.45) is 0. The Balaban J connectivity index is 0.000001000. The highest BCUT2D eigenvalue weighted by atomic mass is 35.5. The van der Waals surface area contributed by atoms with Crippen LogP contribution < -0.4 is 4.74 Å². The van der Waals surface area contributed by atoms with Gasteiger partial charge in [-0.25, -0.2) is 4.39 Å². The molecule has 0 atom stereocenters. The van der Waals surface area contributed by atoms with E-state index in [4.69, 9.17) is 11.6 Å². The normalized spacial score (nSPS) is 8.64. The van der Waals surface area contributed by atoms with Crippen LogP contribution in [0, 0.1) is 5.82 Å². The summed E-state index contributed by atoms with van der Waals surface area (Å²) < 4.78 is 17.3. The van der Waals surface area contributed by atoms with Gasteiger partial charge in [-0.2, -0.15) is 0 Å². The SMILES string of the molecule is COc1ccc(Cl)cc1F.[MgH2]. The van der Waals surface area contributed by atoms with Gasteiger partial charge in [-0.3, -0.25) is 0 Å². The molecule has 0 saturated heterocycles. The molecule has 0 aliphatic carbocycles. The van der Waals surface area contributed by atoms with Crippen LogP contribution in [-0.2, 0) is 0 Å². The average Bonchev–Trinajstić information content (AvgIpc) is 1.88. The Morgan fingerprint density at radius 2 is 2.09 bits per heavy atom. The molecule has 0 N–H and O–H groups in total. The standard InChI is InChI=1S/C7H6ClFO.Mg.2H/c1-10-7-3-2-5(8)4-6(7)9;;;/h2-4H,1H3;;;. The summed E-state index contributed by atoms with van der Waals surface area (Å²) in [5.74, 6) is -0.223. The maximum Gasteiger partial charge on any atom is 0.316 e. The van der Waals surface area contributed by atoms with E-state index < -0.39 is 5.82 Å². The van der Waals surface area contributed by atoms with Crippen molar-refractivity contribution in [1.29, 1.82) is 0 Å². The maximum atomic E-state index is 12.6. The fourth-order valence-electron chi connectivity index (χ4n) is 0.641. The fourth-order valence-corrected chi connectivity index (χ4v) is 0.800. The lowest BCUT2D eigenvalue weighted by Gasteiger charge is -1.99. The largest absolute Gasteiger partial charge is 0.494 e. The number of benzene rings is 1. The molecule has 0 fully saturated rings. The van der Waals surface area contributed by atoms with E-state index in [0.717, 1.165) is 0 Å². The second-order valence-corrected chi connectivity index (χ2v) is 2.22. The van der Waals surface area contributed by atoms with E-state index in [1.165, 1.54) is 19.2 Å². The van der Waals surface area contributed by atoms with Gasteiger partial charge in [-0.15, -0.1) is 0 Å². The van der Waals surface area contributed by atoms with Crippen LogP contribution >= 0.6 is 11.6 Å². The monoisotopic (exact) mass is 186 g/mol. The maximum absolute atomic E-state index is 12.6. The van der Waals surface area contributed by atoms with Crippen molar-refractivity contribution in [3.63, 3.8) is 0 Å². The molecule has 11 heavy (non-hydrogen) atoms. The van der Waals surface area contributed by atoms with Gasteiger partial charge in [-0.05, 0) is 18.2 Å². The van der Waals surface area contributed by atoms with Crippen molar-refractivity contribution in [2.75, 3.05) is 7.11 Å². The van der Waals surface area contributed by atoms with E-state index in [1.807, 2.05) is 0 Å². The van der Waals surface area contributed by atoms with Gasteiger partial charge in [0.2, 0.25) is 0 Å². The van der Waals surface area contributed by atoms with E-state index in [0.29, 0.717) is 5.02 Å². The lowest BCUT2D eigenvalue weighted by atomic mass is 10.3. The Morgan fingerprint density at radius 1 is 1.45 bits per heavy atom. The van der Waals surface area contributed by atoms with Crippen molar-refractivity contribution in [1.82, 2.24) is 0 Å². The van der Waals surface area contributed by atoms with Gasteiger partial charge in [0.25, 0.3) is 0 Å². The third-order valence-corrected chi connectivity index (χ3v) is 1.35. The Hall–Kier alpha value is 0.00623. The van der Waals surface area contributed by atoms with E-state index >= 15 is 0 Å². The molecule has 0 spiro atoms. The van der Waals surface area contributed by atoms with Crippen LogP contribution in [0.2, 0.25) is 5.02 Å². The van der Waals surface area contributed by atoms with E-state index in [1.54, 1.807) is 6.07 Å². The molecular formula is C7H8ClFMgO. The zero-order valence-electron chi connectivity index (χ0n) is 5.40. The zero-order valence-corrected chi connectivity index (χ0v) is 6.15. The zero-order chi connectivity index (χ0) is 7.56. The highest BCUT2D eigenvalue weighted by Crippen LogP contribution is 2.19. The Morgan fingerprint density at radius 3 is 2.55 bits per heavy atom. The first-order valence-corrected chi connectivity index (χ1v) is 3.11. The number of hydrogen-bond donors (Lipinski definition) is 0. The summed E-state index contributed by atoms with van der Waals surface area (Å²) in [7, 11) is 1.41. The minimum absolute atomic E-state index is 0. The molecule has 0 heterocycles. The molecule has 0 bridgehead atoms. The van der Waals surface area contributed by atoms with E-state index in [-0.39, 0.29) is 28.8 Å². The Labute approximate surface area is 85.6 Å². The van der Waals surface area contributed by atoms with Crippen LogP contribution in [0.4, 0.5) is 4.39 Å². The number of ether oxygens (including phenoxy) is 1. The average molecular weight is 187 g/mol. The molecule has 0 unspecified atom stereocenters. The lowest BCUT2D eigenvalue weighted by Crippen LogP contribution is -1.86. The first-order chi connectivity index (χ1) is 4.74. The number of hydrogen-bond acceptors (Lipinski definition) is 1. The van der Waals surface area contributed by atoms with Crippen LogP contribution in [0.3, 0.4) is 0 Å². The fraction of sp³-hybridized carbons (Fsp3) is 0.143. The predicted molar refractivity (Wildman–Crippen MR) is 46.5 cm³/mol. The van der Waals surface area contributed by atoms with Crippen LogP contribution in [0.1, 0.15) is 0 Å². The summed E-state index contributed by atoms with van der Waals surface area (Å²) in [5, 5.41) is 0.373. The summed E-state index contributed by atoms with van der Waals surface area (Å²) in [6.45, 7) is 0. The smallest absolute Gasteiger partial charge is 0.316 e. The highest BCUT2D eigenvalue weighted by Gasteiger charge is 2.00. The molecule has 58 valence electrons. The second-order valence-electron chi connectivity index (χ2n) is 1.78. The van der Waals surface area contributed by atoms with Crippen molar-refractivity contribution in [2.24, 2.45) is 0 Å². The Kier molecular flexibility index (Phi) is 4.80. The molecule has 1 aromatic rings. The highest BCUT2D eigenvalue weighted by molar-refractivity contribution is 6.30. The molecule has 0 aliphatic heterocycles. The van der Waals surface area contributed by atoms with Crippen molar-refractivity contribution in [3.05, 3.63) is 29.0 Å². The van der Waals surface area contributed by atoms with Gasteiger partial charge in [-0.1, -0.05) is 11.6 Å². The first kappa shape index (κ1) is 11.0. The molecular weight excluding hydrogens is 179 g/mol. The van der Waals surface area contributed by atoms with Gasteiger partial charge in [0, 0.05) is 5.02 Å². The third kappa shape index (κ3) is 2.85. The quantitative estimate of drug-likeness (QED) is 0.606. The van der Waals surface area contributed by atoms with Crippen molar-refractivity contribution >= 4 is 34.7 Å². The molecule has 1 nitrogen and oxygen atoms in total. The topological polar surface area (TPSA) is 9.23 Å². The summed E-state index contributed by atoms with van der Waals surface area (Å²) in [6, 6.07) is 4.27. The third-order valence-electron chi connectivity index (χ3n) is 1.11. The molecule has 0 aromatic heterocycles. The van der Waals surface area contributed by atoms with E-state index in [2.05, 4.69) is 4.74 Å². The molecule has 0 aliphatic rings. The minimum atomic E-state index is -0.435. The molecule has 1 aromatic carbocycles. The van der Waals surface area contributed by atoms with Crippen molar-refractivity contribution in [3.8, 4) is 5.75 Å². The summed E-state index contributed by atoms with van der Waals surface area (Å²) >= 11 is 5.48. The lowest BCUT2D eigenvalue weighted by molar-refractivity contribution is 0.386. The van der Waals surface area contributed by atoms with Crippen LogP contribution in [0.25, 0.3) is 0 Å². The number of rotatable bonds is 1. The first-order valence-electron chi connectivity index (χ1n) is 2.73. The number of halogens is 2. The van der Waals surface area contributed by atoms with Gasteiger partial charge < -0.3 is 4.74 Å². The predicted octanol–water partition coefficient (Wildman–Crippen LogP) is 1.57. The van der Waals surface area contributed by atoms with Crippen molar-refractivity contribution in [2.45, 2.75) is 0 Å². The van der Waals surface area contributed by atoms with Gasteiger partial charge >= 0.3 is 23.1 Å². The minimum Gasteiger partial charge on any atom is -0.494 e. The molecule has 0 saturated carbocycles. The van der Waals surface area contributed by atoms with E-state index in [9.17, 15) is 4.39 Å². The molecule has 0 amide bonds. The Bertz CT molecular complexity index is 242. The molecule has 4 heteroatoms. The van der Waals surface area contributed by atoms with Crippen LogP contribution in [-0.4, -0.2) is 30.2 Å². The van der Waals surface area contributed by atoms with Gasteiger partial charge in [0.15, 0.2) is 11.6 Å². The van der Waals surface area contributed by atoms with Crippen molar-refractivity contribution < 1.29 is 9.13 Å². The van der Waals surface area contributed by atoms with Gasteiger partial charge in [0.05, 0.1) is 7.11 Å². The van der Waals surface area contributed by atoms with Crippen LogP contribution in [0.5, 0.6) is 5.75 Å². The summed E-state index contributed by atoms with van der Waals surface area (Å²) in [5.41, 5.74) is 0. The second kappa shape index (κ2) is 4.80. The molecule has 0 radical (unpaired) electrons. The van der Waals surface area contributed by atoms with Gasteiger partial charge in [0.1, 0.15) is 0 Å².